The fourth-order valence-electron chi connectivity index (χ4n) is 1.66. The van der Waals surface area contributed by atoms with Gasteiger partial charge in [0, 0.05) is 12.2 Å². The van der Waals surface area contributed by atoms with Crippen molar-refractivity contribution in [1.82, 2.24) is 0 Å². The quantitative estimate of drug-likeness (QED) is 0.557. The molecule has 0 radical (unpaired) electrons. The van der Waals surface area contributed by atoms with E-state index >= 15 is 0 Å². The van der Waals surface area contributed by atoms with Crippen molar-refractivity contribution in [1.29, 1.82) is 10.5 Å². The van der Waals surface area contributed by atoms with Crippen LogP contribution in [0.15, 0.2) is 23.8 Å². The number of ether oxygens (including phenoxy) is 1. The van der Waals surface area contributed by atoms with E-state index in [0.29, 0.717) is 17.7 Å². The maximum Gasteiger partial charge on any atom is 0.130 e. The van der Waals surface area contributed by atoms with Gasteiger partial charge in [-0.1, -0.05) is 31.9 Å². The summed E-state index contributed by atoms with van der Waals surface area (Å²) in [5, 5.41) is 17.3. The number of halogens is 1. The van der Waals surface area contributed by atoms with E-state index in [0.717, 1.165) is 19.3 Å². The highest BCUT2D eigenvalue weighted by molar-refractivity contribution is 5.62. The average molecular weight is 272 g/mol. The van der Waals surface area contributed by atoms with Crippen LogP contribution in [0.4, 0.5) is 4.39 Å². The van der Waals surface area contributed by atoms with Crippen molar-refractivity contribution in [2.75, 3.05) is 6.61 Å². The second-order valence-electron chi connectivity index (χ2n) is 4.39. The number of unbranched alkanes of at least 4 members (excludes halogenated alkanes) is 2. The third-order valence-corrected chi connectivity index (χ3v) is 2.78. The van der Waals surface area contributed by atoms with Crippen molar-refractivity contribution in [3.63, 3.8) is 0 Å². The molecule has 0 unspecified atom stereocenters. The van der Waals surface area contributed by atoms with Crippen LogP contribution in [0.1, 0.15) is 37.3 Å². The molecule has 3 nitrogen and oxygen atoms in total. The fourth-order valence-corrected chi connectivity index (χ4v) is 1.66. The molecular weight excluding hydrogens is 255 g/mol. The van der Waals surface area contributed by atoms with E-state index < -0.39 is 0 Å². The summed E-state index contributed by atoms with van der Waals surface area (Å²) in [5.41, 5.74) is 0.928. The average Bonchev–Trinajstić information content (AvgIpc) is 2.46. The lowest BCUT2D eigenvalue weighted by Gasteiger charge is -2.06. The predicted octanol–water partition coefficient (Wildman–Crippen LogP) is 3.96. The Hall–Kier alpha value is -2.17. The zero-order valence-corrected chi connectivity index (χ0v) is 11.5. The van der Waals surface area contributed by atoms with Gasteiger partial charge in [-0.15, -0.1) is 0 Å². The van der Waals surface area contributed by atoms with Crippen molar-refractivity contribution in [2.45, 2.75) is 32.8 Å². The minimum atomic E-state index is -0.385. The summed E-state index contributed by atoms with van der Waals surface area (Å²) in [7, 11) is 0. The van der Waals surface area contributed by atoms with Gasteiger partial charge < -0.3 is 4.74 Å². The number of nitrogens with zero attached hydrogens (tertiary/aromatic N) is 2. The molecule has 0 bridgehead atoms. The number of allylic oxidation sites excluding steroid dienone is 1. The first-order valence-electron chi connectivity index (χ1n) is 6.59. The molecule has 0 fully saturated rings. The number of rotatable bonds is 7. The third kappa shape index (κ3) is 5.22. The van der Waals surface area contributed by atoms with E-state index in [1.807, 2.05) is 0 Å². The van der Waals surface area contributed by atoms with Crippen LogP contribution >= 0.6 is 0 Å². The highest BCUT2D eigenvalue weighted by Gasteiger charge is 2.04. The molecule has 0 aliphatic carbocycles. The lowest BCUT2D eigenvalue weighted by Crippen LogP contribution is -1.98. The molecule has 0 amide bonds. The fraction of sp³-hybridized carbons (Fsp3) is 0.375. The van der Waals surface area contributed by atoms with Gasteiger partial charge in [0.15, 0.2) is 0 Å². The highest BCUT2D eigenvalue weighted by Crippen LogP contribution is 2.14. The van der Waals surface area contributed by atoms with E-state index in [9.17, 15) is 4.39 Å². The van der Waals surface area contributed by atoms with Crippen LogP contribution in [0.2, 0.25) is 0 Å². The van der Waals surface area contributed by atoms with Gasteiger partial charge in [-0.25, -0.2) is 4.39 Å². The van der Waals surface area contributed by atoms with Gasteiger partial charge in [0.1, 0.15) is 23.5 Å². The summed E-state index contributed by atoms with van der Waals surface area (Å²) in [6.45, 7) is 2.98. The maximum atomic E-state index is 13.8. The van der Waals surface area contributed by atoms with Crippen LogP contribution in [-0.2, 0) is 11.3 Å². The molecule has 0 aliphatic heterocycles. The number of nitriles is 2. The second kappa shape index (κ2) is 8.85. The largest absolute Gasteiger partial charge is 0.377 e. The molecule has 1 aromatic carbocycles. The molecule has 0 aromatic heterocycles. The predicted molar refractivity (Wildman–Crippen MR) is 74.8 cm³/mol. The van der Waals surface area contributed by atoms with Gasteiger partial charge in [-0.2, -0.15) is 10.5 Å². The zero-order valence-electron chi connectivity index (χ0n) is 11.5. The molecule has 0 aliphatic rings. The van der Waals surface area contributed by atoms with Crippen LogP contribution < -0.4 is 0 Å². The van der Waals surface area contributed by atoms with Gasteiger partial charge in [-0.3, -0.25) is 0 Å². The smallest absolute Gasteiger partial charge is 0.130 e. The summed E-state index contributed by atoms with van der Waals surface area (Å²) in [4.78, 5) is 0. The molecule has 104 valence electrons. The lowest BCUT2D eigenvalue weighted by atomic mass is 10.1. The van der Waals surface area contributed by atoms with Crippen LogP contribution in [0.25, 0.3) is 6.08 Å². The molecule has 20 heavy (non-hydrogen) atoms. The van der Waals surface area contributed by atoms with E-state index in [1.54, 1.807) is 24.3 Å². The van der Waals surface area contributed by atoms with Crippen LogP contribution in [0.3, 0.4) is 0 Å². The molecule has 4 heteroatoms. The molecular formula is C16H17FN2O. The molecule has 0 saturated carbocycles. The van der Waals surface area contributed by atoms with Crippen molar-refractivity contribution < 1.29 is 9.13 Å². The van der Waals surface area contributed by atoms with E-state index in [1.165, 1.54) is 12.1 Å². The first-order valence-corrected chi connectivity index (χ1v) is 6.59. The normalized spacial score (nSPS) is 9.60. The summed E-state index contributed by atoms with van der Waals surface area (Å²) >= 11 is 0. The summed E-state index contributed by atoms with van der Waals surface area (Å²) in [6.07, 6.45) is 4.57. The summed E-state index contributed by atoms with van der Waals surface area (Å²) in [6, 6.07) is 8.07. The van der Waals surface area contributed by atoms with Gasteiger partial charge in [-0.05, 0) is 24.1 Å². The van der Waals surface area contributed by atoms with E-state index in [4.69, 9.17) is 15.3 Å². The molecule has 0 spiro atoms. The third-order valence-electron chi connectivity index (χ3n) is 2.78. The summed E-state index contributed by atoms with van der Waals surface area (Å²) in [5.74, 6) is -0.385. The van der Waals surface area contributed by atoms with Crippen molar-refractivity contribution in [3.8, 4) is 12.1 Å². The van der Waals surface area contributed by atoms with Crippen LogP contribution in [-0.4, -0.2) is 6.61 Å². The Morgan fingerprint density at radius 1 is 1.30 bits per heavy atom. The Morgan fingerprint density at radius 3 is 2.65 bits per heavy atom. The molecule has 0 N–H and O–H groups in total. The number of hydrogen-bond acceptors (Lipinski definition) is 3. The lowest BCUT2D eigenvalue weighted by molar-refractivity contribution is 0.115. The van der Waals surface area contributed by atoms with E-state index in [-0.39, 0.29) is 18.0 Å². The van der Waals surface area contributed by atoms with Gasteiger partial charge in [0.25, 0.3) is 0 Å². The minimum absolute atomic E-state index is 0.0482. The molecule has 0 heterocycles. The maximum absolute atomic E-state index is 13.8. The molecule has 0 atom stereocenters. The Bertz CT molecular complexity index is 537. The zero-order chi connectivity index (χ0) is 14.8. The summed E-state index contributed by atoms with van der Waals surface area (Å²) < 4.78 is 19.2. The first-order chi connectivity index (χ1) is 9.71. The first kappa shape index (κ1) is 15.9. The minimum Gasteiger partial charge on any atom is -0.377 e. The monoisotopic (exact) mass is 272 g/mol. The Kier molecular flexibility index (Phi) is 7.03. The van der Waals surface area contributed by atoms with Gasteiger partial charge >= 0.3 is 0 Å². The Labute approximate surface area is 118 Å². The van der Waals surface area contributed by atoms with Gasteiger partial charge in [0.05, 0.1) is 6.61 Å². The van der Waals surface area contributed by atoms with Crippen LogP contribution in [0.5, 0.6) is 0 Å². The molecule has 1 rings (SSSR count). The highest BCUT2D eigenvalue weighted by atomic mass is 19.1. The Morgan fingerprint density at radius 2 is 2.05 bits per heavy atom. The van der Waals surface area contributed by atoms with Crippen molar-refractivity contribution >= 4 is 6.08 Å². The van der Waals surface area contributed by atoms with Crippen molar-refractivity contribution in [3.05, 3.63) is 40.7 Å². The van der Waals surface area contributed by atoms with Crippen LogP contribution in [0, 0.1) is 28.5 Å². The van der Waals surface area contributed by atoms with Crippen molar-refractivity contribution in [2.24, 2.45) is 0 Å². The second-order valence-corrected chi connectivity index (χ2v) is 4.39. The van der Waals surface area contributed by atoms with Gasteiger partial charge in [0.2, 0.25) is 0 Å². The van der Waals surface area contributed by atoms with E-state index in [2.05, 4.69) is 6.92 Å². The molecule has 0 saturated heterocycles. The Balaban J connectivity index is 2.63. The standard InChI is InChI=1S/C16H17FN2O/c1-2-3-4-7-20-12-15-6-5-13(9-16(15)17)8-14(10-18)11-19/h5-6,8-9H,2-4,7,12H2,1H3. The number of hydrogen-bond donors (Lipinski definition) is 0. The SMILES string of the molecule is CCCCCOCc1ccc(C=C(C#N)C#N)cc1F. The molecule has 1 aromatic rings. The number of benzene rings is 1. The topological polar surface area (TPSA) is 56.8 Å².